The summed E-state index contributed by atoms with van der Waals surface area (Å²) in [6.07, 6.45) is 4.02. The zero-order valence-corrected chi connectivity index (χ0v) is 15.8. The Morgan fingerprint density at radius 3 is 2.81 bits per heavy atom. The highest BCUT2D eigenvalue weighted by molar-refractivity contribution is 5.87. The molecule has 0 unspecified atom stereocenters. The Kier molecular flexibility index (Phi) is 5.49. The van der Waals surface area contributed by atoms with Gasteiger partial charge >= 0.3 is 5.97 Å². The summed E-state index contributed by atoms with van der Waals surface area (Å²) in [6, 6.07) is 3.84. The first kappa shape index (κ1) is 18.6. The second kappa shape index (κ2) is 7.98. The summed E-state index contributed by atoms with van der Waals surface area (Å²) < 4.78 is 14.0. The lowest BCUT2D eigenvalue weighted by atomic mass is 10.2. The molecule has 3 aromatic heterocycles. The van der Waals surface area contributed by atoms with Crippen LogP contribution < -0.4 is 0 Å². The third-order valence-corrected chi connectivity index (χ3v) is 4.10. The van der Waals surface area contributed by atoms with E-state index in [4.69, 9.17) is 9.26 Å². The SMILES string of the molecule is CCCn1nnnc1COC(=O)/C=C/c1cc(C)n(-c2cc(C)on2)c1C. The van der Waals surface area contributed by atoms with E-state index in [0.29, 0.717) is 18.2 Å². The number of hydrogen-bond donors (Lipinski definition) is 0. The number of rotatable bonds is 7. The lowest BCUT2D eigenvalue weighted by Crippen LogP contribution is -2.09. The monoisotopic (exact) mass is 370 g/mol. The van der Waals surface area contributed by atoms with E-state index < -0.39 is 5.97 Å². The van der Waals surface area contributed by atoms with Crippen molar-refractivity contribution in [1.29, 1.82) is 0 Å². The van der Waals surface area contributed by atoms with Gasteiger partial charge < -0.3 is 9.26 Å². The summed E-state index contributed by atoms with van der Waals surface area (Å²) >= 11 is 0. The average Bonchev–Trinajstić information content (AvgIpc) is 3.32. The molecule has 0 spiro atoms. The zero-order valence-electron chi connectivity index (χ0n) is 15.8. The summed E-state index contributed by atoms with van der Waals surface area (Å²) in [4.78, 5) is 12.0. The highest BCUT2D eigenvalue weighted by Gasteiger charge is 2.13. The number of aromatic nitrogens is 6. The van der Waals surface area contributed by atoms with E-state index in [1.807, 2.05) is 44.4 Å². The Balaban J connectivity index is 1.67. The van der Waals surface area contributed by atoms with E-state index in [9.17, 15) is 4.79 Å². The van der Waals surface area contributed by atoms with Crippen molar-refractivity contribution in [3.05, 3.63) is 46.7 Å². The van der Waals surface area contributed by atoms with Crippen molar-refractivity contribution in [3.63, 3.8) is 0 Å². The van der Waals surface area contributed by atoms with Gasteiger partial charge in [0.2, 0.25) is 0 Å². The number of carbonyl (C=O) groups excluding carboxylic acids is 1. The summed E-state index contributed by atoms with van der Waals surface area (Å²) in [5.41, 5.74) is 2.85. The van der Waals surface area contributed by atoms with Gasteiger partial charge in [0.1, 0.15) is 5.76 Å². The maximum atomic E-state index is 12.0. The van der Waals surface area contributed by atoms with Crippen LogP contribution in [0.3, 0.4) is 0 Å². The molecule has 9 heteroatoms. The van der Waals surface area contributed by atoms with Crippen molar-refractivity contribution >= 4 is 12.0 Å². The minimum Gasteiger partial charge on any atom is -0.454 e. The molecular formula is C18H22N6O3. The molecule has 0 aliphatic rings. The second-order valence-corrected chi connectivity index (χ2v) is 6.22. The zero-order chi connectivity index (χ0) is 19.4. The summed E-state index contributed by atoms with van der Waals surface area (Å²) in [6.45, 7) is 8.52. The predicted octanol–water partition coefficient (Wildman–Crippen LogP) is 2.54. The Morgan fingerprint density at radius 2 is 2.11 bits per heavy atom. The molecule has 0 radical (unpaired) electrons. The van der Waals surface area contributed by atoms with Gasteiger partial charge in [0.25, 0.3) is 0 Å². The van der Waals surface area contributed by atoms with Crippen LogP contribution in [0.5, 0.6) is 0 Å². The maximum Gasteiger partial charge on any atom is 0.331 e. The Bertz CT molecular complexity index is 966. The number of tetrazole rings is 1. The molecule has 0 fully saturated rings. The van der Waals surface area contributed by atoms with Crippen LogP contribution in [-0.4, -0.2) is 35.9 Å². The second-order valence-electron chi connectivity index (χ2n) is 6.22. The topological polar surface area (TPSA) is 101 Å². The van der Waals surface area contributed by atoms with E-state index in [1.165, 1.54) is 6.08 Å². The van der Waals surface area contributed by atoms with E-state index >= 15 is 0 Å². The van der Waals surface area contributed by atoms with Crippen LogP contribution >= 0.6 is 0 Å². The van der Waals surface area contributed by atoms with Crippen molar-refractivity contribution in [2.45, 2.75) is 47.3 Å². The van der Waals surface area contributed by atoms with Gasteiger partial charge in [0.05, 0.1) is 0 Å². The van der Waals surface area contributed by atoms with Gasteiger partial charge in [-0.15, -0.1) is 5.10 Å². The minimum atomic E-state index is -0.455. The number of carbonyl (C=O) groups is 1. The Morgan fingerprint density at radius 1 is 1.30 bits per heavy atom. The molecule has 0 atom stereocenters. The molecule has 0 aliphatic carbocycles. The first-order chi connectivity index (χ1) is 13.0. The molecule has 0 aromatic carbocycles. The van der Waals surface area contributed by atoms with E-state index in [0.717, 1.165) is 29.1 Å². The summed E-state index contributed by atoms with van der Waals surface area (Å²) in [7, 11) is 0. The number of nitrogens with zero attached hydrogens (tertiary/aromatic N) is 6. The van der Waals surface area contributed by atoms with Gasteiger partial charge in [0, 0.05) is 30.1 Å². The molecule has 0 saturated heterocycles. The van der Waals surface area contributed by atoms with Crippen molar-refractivity contribution in [1.82, 2.24) is 29.9 Å². The van der Waals surface area contributed by atoms with E-state index in [1.54, 1.807) is 10.8 Å². The molecular weight excluding hydrogens is 348 g/mol. The fraction of sp³-hybridized carbons (Fsp3) is 0.389. The number of hydrogen-bond acceptors (Lipinski definition) is 7. The Labute approximate surface area is 156 Å². The van der Waals surface area contributed by atoms with Gasteiger partial charge in [-0.3, -0.25) is 4.57 Å². The van der Waals surface area contributed by atoms with Crippen molar-refractivity contribution in [3.8, 4) is 5.82 Å². The normalized spacial score (nSPS) is 11.4. The molecule has 0 bridgehead atoms. The molecule has 0 saturated carbocycles. The third-order valence-electron chi connectivity index (χ3n) is 4.10. The van der Waals surface area contributed by atoms with E-state index in [2.05, 4.69) is 20.7 Å². The standard InChI is InChI=1S/C18H22N6O3/c1-5-8-23-17(19-21-22-23)11-26-18(25)7-6-15-9-12(2)24(14(15)4)16-10-13(3)27-20-16/h6-7,9-10H,5,8,11H2,1-4H3/b7-6+. The first-order valence-corrected chi connectivity index (χ1v) is 8.72. The molecule has 9 nitrogen and oxygen atoms in total. The van der Waals surface area contributed by atoms with Crippen molar-refractivity contribution < 1.29 is 14.1 Å². The smallest absolute Gasteiger partial charge is 0.331 e. The van der Waals surface area contributed by atoms with Gasteiger partial charge in [-0.2, -0.15) is 0 Å². The van der Waals surface area contributed by atoms with Crippen LogP contribution in [0.1, 0.15) is 41.9 Å². The van der Waals surface area contributed by atoms with Gasteiger partial charge in [-0.1, -0.05) is 12.1 Å². The molecule has 0 aliphatic heterocycles. The number of esters is 1. The quantitative estimate of drug-likeness (QED) is 0.465. The molecule has 3 heterocycles. The van der Waals surface area contributed by atoms with Crippen LogP contribution in [0.25, 0.3) is 11.9 Å². The highest BCUT2D eigenvalue weighted by atomic mass is 16.5. The van der Waals surface area contributed by atoms with Crippen LogP contribution in [0.4, 0.5) is 0 Å². The fourth-order valence-corrected chi connectivity index (χ4v) is 2.82. The molecule has 0 N–H and O–H groups in total. The minimum absolute atomic E-state index is 0.0351. The van der Waals surface area contributed by atoms with Crippen LogP contribution in [0.2, 0.25) is 0 Å². The summed E-state index contributed by atoms with van der Waals surface area (Å²) in [5, 5.41) is 15.4. The number of aryl methyl sites for hydroxylation is 3. The molecule has 3 aromatic rings. The highest BCUT2D eigenvalue weighted by Crippen LogP contribution is 2.21. The van der Waals surface area contributed by atoms with Gasteiger partial charge in [-0.05, 0) is 55.3 Å². The molecule has 3 rings (SSSR count). The van der Waals surface area contributed by atoms with Crippen LogP contribution in [0.15, 0.2) is 22.7 Å². The molecule has 142 valence electrons. The third kappa shape index (κ3) is 4.13. The van der Waals surface area contributed by atoms with Crippen molar-refractivity contribution in [2.75, 3.05) is 0 Å². The van der Waals surface area contributed by atoms with Crippen LogP contribution in [-0.2, 0) is 22.7 Å². The largest absolute Gasteiger partial charge is 0.454 e. The maximum absolute atomic E-state index is 12.0. The van der Waals surface area contributed by atoms with Crippen molar-refractivity contribution in [2.24, 2.45) is 0 Å². The lowest BCUT2D eigenvalue weighted by molar-refractivity contribution is -0.139. The number of ether oxygens (including phenoxy) is 1. The lowest BCUT2D eigenvalue weighted by Gasteiger charge is -2.04. The van der Waals surface area contributed by atoms with Gasteiger partial charge in [-0.25, -0.2) is 9.48 Å². The average molecular weight is 370 g/mol. The van der Waals surface area contributed by atoms with Crippen LogP contribution in [0, 0.1) is 20.8 Å². The Hall–Kier alpha value is -3.23. The van der Waals surface area contributed by atoms with Gasteiger partial charge in [0.15, 0.2) is 18.2 Å². The summed E-state index contributed by atoms with van der Waals surface area (Å²) in [5.74, 6) is 1.53. The first-order valence-electron chi connectivity index (χ1n) is 8.72. The molecule has 0 amide bonds. The fourth-order valence-electron chi connectivity index (χ4n) is 2.82. The predicted molar refractivity (Wildman–Crippen MR) is 97.0 cm³/mol. The van der Waals surface area contributed by atoms with E-state index in [-0.39, 0.29) is 6.61 Å². The molecule has 27 heavy (non-hydrogen) atoms.